The molecule has 2 aromatic carbocycles. The third-order valence-corrected chi connectivity index (χ3v) is 5.02. The van der Waals surface area contributed by atoms with Gasteiger partial charge in [-0.1, -0.05) is 60.7 Å². The van der Waals surface area contributed by atoms with Crippen molar-refractivity contribution in [2.75, 3.05) is 6.61 Å². The van der Waals surface area contributed by atoms with Gasteiger partial charge in [0, 0.05) is 6.04 Å². The SMILES string of the molecule is C[C@@]12CC[C@@H](c3ccccc3)N1[C@@H](c1ccccc1)CO2. The first kappa shape index (κ1) is 13.1. The van der Waals surface area contributed by atoms with Gasteiger partial charge in [0.1, 0.15) is 5.72 Å². The lowest BCUT2D eigenvalue weighted by Crippen LogP contribution is -2.38. The number of hydrogen-bond donors (Lipinski definition) is 0. The van der Waals surface area contributed by atoms with Crippen LogP contribution in [0.15, 0.2) is 60.7 Å². The van der Waals surface area contributed by atoms with E-state index in [0.29, 0.717) is 12.1 Å². The number of rotatable bonds is 2. The van der Waals surface area contributed by atoms with Gasteiger partial charge in [-0.15, -0.1) is 0 Å². The lowest BCUT2D eigenvalue weighted by atomic mass is 10.0. The molecule has 2 aromatic rings. The second-order valence-electron chi connectivity index (χ2n) is 6.28. The first-order valence-electron chi connectivity index (χ1n) is 7.80. The van der Waals surface area contributed by atoms with Crippen molar-refractivity contribution in [3.63, 3.8) is 0 Å². The summed E-state index contributed by atoms with van der Waals surface area (Å²) in [7, 11) is 0. The summed E-state index contributed by atoms with van der Waals surface area (Å²) >= 11 is 0. The van der Waals surface area contributed by atoms with Crippen LogP contribution in [0, 0.1) is 0 Å². The largest absolute Gasteiger partial charge is 0.359 e. The lowest BCUT2D eigenvalue weighted by molar-refractivity contribution is -0.0546. The molecule has 2 aliphatic heterocycles. The fourth-order valence-electron chi connectivity index (χ4n) is 3.97. The third-order valence-electron chi connectivity index (χ3n) is 5.02. The summed E-state index contributed by atoms with van der Waals surface area (Å²) in [5, 5.41) is 0. The number of nitrogens with zero attached hydrogens (tertiary/aromatic N) is 1. The average Bonchev–Trinajstić information content (AvgIpc) is 3.04. The Kier molecular flexibility index (Phi) is 3.09. The highest BCUT2D eigenvalue weighted by molar-refractivity contribution is 5.26. The fraction of sp³-hybridized carbons (Fsp3) is 0.368. The maximum absolute atomic E-state index is 6.21. The van der Waals surface area contributed by atoms with Gasteiger partial charge in [0.05, 0.1) is 12.6 Å². The minimum absolute atomic E-state index is 0.110. The summed E-state index contributed by atoms with van der Waals surface area (Å²) < 4.78 is 6.21. The molecular formula is C19H21NO. The van der Waals surface area contributed by atoms with Crippen LogP contribution in [0.25, 0.3) is 0 Å². The van der Waals surface area contributed by atoms with Crippen molar-refractivity contribution < 1.29 is 4.74 Å². The van der Waals surface area contributed by atoms with Crippen LogP contribution in [-0.4, -0.2) is 17.2 Å². The van der Waals surface area contributed by atoms with Crippen LogP contribution in [0.5, 0.6) is 0 Å². The zero-order valence-electron chi connectivity index (χ0n) is 12.4. The van der Waals surface area contributed by atoms with E-state index in [2.05, 4.69) is 72.5 Å². The number of hydrogen-bond acceptors (Lipinski definition) is 2. The van der Waals surface area contributed by atoms with E-state index in [9.17, 15) is 0 Å². The van der Waals surface area contributed by atoms with Gasteiger partial charge in [-0.2, -0.15) is 0 Å². The molecule has 3 atom stereocenters. The molecule has 21 heavy (non-hydrogen) atoms. The molecule has 0 spiro atoms. The smallest absolute Gasteiger partial charge is 0.120 e. The summed E-state index contributed by atoms with van der Waals surface area (Å²) in [4.78, 5) is 2.59. The van der Waals surface area contributed by atoms with Crippen molar-refractivity contribution in [2.45, 2.75) is 37.6 Å². The van der Waals surface area contributed by atoms with Gasteiger partial charge >= 0.3 is 0 Å². The molecule has 0 aromatic heterocycles. The Hall–Kier alpha value is -1.64. The van der Waals surface area contributed by atoms with Crippen molar-refractivity contribution in [1.29, 1.82) is 0 Å². The van der Waals surface area contributed by atoms with E-state index in [-0.39, 0.29) is 5.72 Å². The van der Waals surface area contributed by atoms with Crippen LogP contribution in [0.4, 0.5) is 0 Å². The maximum Gasteiger partial charge on any atom is 0.120 e. The average molecular weight is 279 g/mol. The molecule has 0 unspecified atom stereocenters. The molecule has 108 valence electrons. The Morgan fingerprint density at radius 1 is 0.905 bits per heavy atom. The van der Waals surface area contributed by atoms with Crippen molar-refractivity contribution >= 4 is 0 Å². The molecule has 2 heterocycles. The van der Waals surface area contributed by atoms with E-state index in [4.69, 9.17) is 4.74 Å². The quantitative estimate of drug-likeness (QED) is 0.812. The van der Waals surface area contributed by atoms with Crippen LogP contribution in [0.2, 0.25) is 0 Å². The minimum Gasteiger partial charge on any atom is -0.359 e. The molecule has 0 saturated carbocycles. The third kappa shape index (κ3) is 2.10. The lowest BCUT2D eigenvalue weighted by Gasteiger charge is -2.34. The Labute approximate surface area is 126 Å². The standard InChI is InChI=1S/C19H21NO/c1-19-13-12-17(15-8-4-2-5-9-15)20(19)18(14-21-19)16-10-6-3-7-11-16/h2-11,17-18H,12-14H2,1H3/t17-,18+,19+/m0/s1. The van der Waals surface area contributed by atoms with Gasteiger partial charge < -0.3 is 4.74 Å². The van der Waals surface area contributed by atoms with E-state index in [1.54, 1.807) is 0 Å². The van der Waals surface area contributed by atoms with E-state index in [1.807, 2.05) is 0 Å². The normalized spacial score (nSPS) is 32.2. The molecule has 0 radical (unpaired) electrons. The number of ether oxygens (including phenoxy) is 1. The highest BCUT2D eigenvalue weighted by atomic mass is 16.5. The van der Waals surface area contributed by atoms with Crippen LogP contribution in [0.3, 0.4) is 0 Å². The molecule has 2 nitrogen and oxygen atoms in total. The van der Waals surface area contributed by atoms with Crippen LogP contribution >= 0.6 is 0 Å². The number of fused-ring (bicyclic) bond motifs is 1. The summed E-state index contributed by atoms with van der Waals surface area (Å²) in [6.45, 7) is 3.04. The summed E-state index contributed by atoms with van der Waals surface area (Å²) in [6.07, 6.45) is 2.28. The second-order valence-corrected chi connectivity index (χ2v) is 6.28. The van der Waals surface area contributed by atoms with Crippen molar-refractivity contribution in [2.24, 2.45) is 0 Å². The predicted molar refractivity (Wildman–Crippen MR) is 83.8 cm³/mol. The van der Waals surface area contributed by atoms with E-state index in [0.717, 1.165) is 13.0 Å². The fourth-order valence-corrected chi connectivity index (χ4v) is 3.97. The summed E-state index contributed by atoms with van der Waals surface area (Å²) in [5.74, 6) is 0. The molecular weight excluding hydrogens is 258 g/mol. The van der Waals surface area contributed by atoms with Crippen LogP contribution < -0.4 is 0 Å². The molecule has 2 fully saturated rings. The van der Waals surface area contributed by atoms with Gasteiger partial charge in [0.15, 0.2) is 0 Å². The van der Waals surface area contributed by atoms with E-state index < -0.39 is 0 Å². The van der Waals surface area contributed by atoms with Gasteiger partial charge in [0.2, 0.25) is 0 Å². The highest BCUT2D eigenvalue weighted by Crippen LogP contribution is 2.52. The highest BCUT2D eigenvalue weighted by Gasteiger charge is 2.52. The van der Waals surface area contributed by atoms with E-state index in [1.165, 1.54) is 17.5 Å². The summed E-state index contributed by atoms with van der Waals surface area (Å²) in [6, 6.07) is 22.5. The zero-order valence-corrected chi connectivity index (χ0v) is 12.4. The molecule has 0 N–H and O–H groups in total. The minimum atomic E-state index is -0.110. The number of benzene rings is 2. The van der Waals surface area contributed by atoms with Crippen molar-refractivity contribution in [3.8, 4) is 0 Å². The molecule has 2 saturated heterocycles. The molecule has 2 aliphatic rings. The van der Waals surface area contributed by atoms with Crippen molar-refractivity contribution in [1.82, 2.24) is 4.90 Å². The Morgan fingerprint density at radius 2 is 1.48 bits per heavy atom. The van der Waals surface area contributed by atoms with Crippen molar-refractivity contribution in [3.05, 3.63) is 71.8 Å². The summed E-state index contributed by atoms with van der Waals surface area (Å²) in [5.41, 5.74) is 2.66. The van der Waals surface area contributed by atoms with Gasteiger partial charge in [-0.3, -0.25) is 4.90 Å². The van der Waals surface area contributed by atoms with Gasteiger partial charge in [-0.05, 0) is 30.9 Å². The monoisotopic (exact) mass is 279 g/mol. The van der Waals surface area contributed by atoms with Gasteiger partial charge in [-0.25, -0.2) is 0 Å². The first-order valence-corrected chi connectivity index (χ1v) is 7.80. The molecule has 4 rings (SSSR count). The molecule has 2 heteroatoms. The maximum atomic E-state index is 6.21. The first-order chi connectivity index (χ1) is 10.3. The topological polar surface area (TPSA) is 12.5 Å². The van der Waals surface area contributed by atoms with Crippen LogP contribution in [0.1, 0.15) is 43.0 Å². The Morgan fingerprint density at radius 3 is 2.10 bits per heavy atom. The molecule has 0 aliphatic carbocycles. The predicted octanol–water partition coefficient (Wildman–Crippen LogP) is 4.31. The molecule has 0 bridgehead atoms. The molecule has 0 amide bonds. The Balaban J connectivity index is 1.72. The van der Waals surface area contributed by atoms with E-state index >= 15 is 0 Å². The Bertz CT molecular complexity index is 558. The van der Waals surface area contributed by atoms with Gasteiger partial charge in [0.25, 0.3) is 0 Å². The van der Waals surface area contributed by atoms with Crippen LogP contribution in [-0.2, 0) is 4.74 Å². The zero-order chi connectivity index (χ0) is 14.3. The second kappa shape index (κ2) is 4.97.